The Morgan fingerprint density at radius 3 is 2.82 bits per heavy atom. The summed E-state index contributed by atoms with van der Waals surface area (Å²) in [6.07, 6.45) is 3.93. The number of ether oxygens (including phenoxy) is 1. The first-order valence-corrected chi connectivity index (χ1v) is 9.64. The molecule has 0 saturated heterocycles. The molecule has 2 heterocycles. The number of carbonyl (C=O) groups excluding carboxylic acids is 1. The van der Waals surface area contributed by atoms with E-state index in [0.717, 1.165) is 53.6 Å². The summed E-state index contributed by atoms with van der Waals surface area (Å²) in [5.74, 6) is 1.39. The summed E-state index contributed by atoms with van der Waals surface area (Å²) in [6, 6.07) is 11.9. The molecular weight excluding hydrogens is 356 g/mol. The van der Waals surface area contributed by atoms with Crippen LogP contribution in [0.1, 0.15) is 30.7 Å². The fraction of sp³-hybridized carbons (Fsp3) is 0.381. The van der Waals surface area contributed by atoms with Gasteiger partial charge in [-0.25, -0.2) is 9.48 Å². The molecule has 146 valence electrons. The van der Waals surface area contributed by atoms with Crippen LogP contribution < -0.4 is 15.7 Å². The van der Waals surface area contributed by atoms with Gasteiger partial charge in [-0.1, -0.05) is 24.6 Å². The lowest BCUT2D eigenvalue weighted by atomic mass is 10.1. The molecule has 0 fully saturated rings. The van der Waals surface area contributed by atoms with Gasteiger partial charge >= 0.3 is 5.69 Å². The van der Waals surface area contributed by atoms with Crippen molar-refractivity contribution in [2.45, 2.75) is 45.3 Å². The molecule has 3 aromatic rings. The van der Waals surface area contributed by atoms with Crippen molar-refractivity contribution in [3.8, 4) is 5.75 Å². The molecule has 7 nitrogen and oxygen atoms in total. The second-order valence-electron chi connectivity index (χ2n) is 7.14. The number of nitrogens with zero attached hydrogens (tertiary/aromatic N) is 3. The van der Waals surface area contributed by atoms with Gasteiger partial charge in [-0.2, -0.15) is 5.10 Å². The number of aryl methyl sites for hydroxylation is 1. The molecule has 28 heavy (non-hydrogen) atoms. The number of fused-ring (bicyclic) bond motifs is 2. The summed E-state index contributed by atoms with van der Waals surface area (Å²) in [5, 5.41) is 9.41. The van der Waals surface area contributed by atoms with Crippen LogP contribution in [0.15, 0.2) is 41.2 Å². The number of benzene rings is 2. The van der Waals surface area contributed by atoms with Gasteiger partial charge < -0.3 is 10.1 Å². The average molecular weight is 380 g/mol. The first-order chi connectivity index (χ1) is 13.6. The van der Waals surface area contributed by atoms with Crippen molar-refractivity contribution in [3.63, 3.8) is 0 Å². The zero-order valence-corrected chi connectivity index (χ0v) is 16.0. The van der Waals surface area contributed by atoms with Crippen molar-refractivity contribution in [1.29, 1.82) is 0 Å². The van der Waals surface area contributed by atoms with E-state index < -0.39 is 0 Å². The average Bonchev–Trinajstić information content (AvgIpc) is 2.87. The molecule has 0 spiro atoms. The first kappa shape index (κ1) is 18.3. The van der Waals surface area contributed by atoms with E-state index in [-0.39, 0.29) is 18.1 Å². The molecule has 0 saturated carbocycles. The normalized spacial score (nSPS) is 13.8. The summed E-state index contributed by atoms with van der Waals surface area (Å²) in [7, 11) is 1.65. The lowest BCUT2D eigenvalue weighted by Crippen LogP contribution is -2.33. The third-order valence-corrected chi connectivity index (χ3v) is 5.18. The highest BCUT2D eigenvalue weighted by molar-refractivity contribution is 5.84. The maximum absolute atomic E-state index is 12.4. The highest BCUT2D eigenvalue weighted by Gasteiger charge is 2.17. The molecule has 1 amide bonds. The van der Waals surface area contributed by atoms with E-state index in [0.29, 0.717) is 13.1 Å². The molecule has 0 unspecified atom stereocenters. The fourth-order valence-electron chi connectivity index (χ4n) is 3.63. The standard InChI is InChI=1S/C21H24N4O3/c1-28-18-9-8-16-11-15(6-7-17(16)12-18)13-22-20(26)14-25-21(27)24-10-4-2-3-5-19(24)23-25/h6-9,11-12H,2-5,10,13-14H2,1H3,(H,22,26). The Balaban J connectivity index is 1.41. The monoisotopic (exact) mass is 380 g/mol. The van der Waals surface area contributed by atoms with Crippen molar-refractivity contribution >= 4 is 16.7 Å². The Labute approximate surface area is 162 Å². The summed E-state index contributed by atoms with van der Waals surface area (Å²) in [6.45, 7) is 1.05. The number of aromatic nitrogens is 3. The second kappa shape index (κ2) is 7.88. The van der Waals surface area contributed by atoms with Crippen molar-refractivity contribution in [2.75, 3.05) is 7.11 Å². The highest BCUT2D eigenvalue weighted by atomic mass is 16.5. The van der Waals surface area contributed by atoms with Gasteiger partial charge in [0.2, 0.25) is 5.91 Å². The van der Waals surface area contributed by atoms with Crippen molar-refractivity contribution in [3.05, 3.63) is 58.3 Å². The van der Waals surface area contributed by atoms with Crippen LogP contribution in [-0.2, 0) is 30.8 Å². The summed E-state index contributed by atoms with van der Waals surface area (Å²) in [4.78, 5) is 24.8. The van der Waals surface area contributed by atoms with Gasteiger partial charge in [-0.3, -0.25) is 9.36 Å². The van der Waals surface area contributed by atoms with E-state index in [9.17, 15) is 9.59 Å². The van der Waals surface area contributed by atoms with Crippen LogP contribution in [0.25, 0.3) is 10.8 Å². The van der Waals surface area contributed by atoms with E-state index in [4.69, 9.17) is 4.74 Å². The molecular formula is C21H24N4O3. The van der Waals surface area contributed by atoms with Gasteiger partial charge in [-0.05, 0) is 47.4 Å². The third-order valence-electron chi connectivity index (χ3n) is 5.18. The van der Waals surface area contributed by atoms with E-state index in [2.05, 4.69) is 10.4 Å². The number of methoxy groups -OCH3 is 1. The van der Waals surface area contributed by atoms with E-state index in [1.807, 2.05) is 36.4 Å². The van der Waals surface area contributed by atoms with E-state index >= 15 is 0 Å². The van der Waals surface area contributed by atoms with E-state index in [1.54, 1.807) is 11.7 Å². The molecule has 0 bridgehead atoms. The minimum atomic E-state index is -0.217. The van der Waals surface area contributed by atoms with Crippen molar-refractivity contribution < 1.29 is 9.53 Å². The fourth-order valence-corrected chi connectivity index (χ4v) is 3.63. The summed E-state index contributed by atoms with van der Waals surface area (Å²) < 4.78 is 8.23. The molecule has 2 aromatic carbocycles. The Morgan fingerprint density at radius 2 is 1.96 bits per heavy atom. The molecule has 0 aliphatic carbocycles. The summed E-state index contributed by atoms with van der Waals surface area (Å²) >= 11 is 0. The van der Waals surface area contributed by atoms with Gasteiger partial charge in [0.25, 0.3) is 0 Å². The van der Waals surface area contributed by atoms with Crippen LogP contribution in [0.2, 0.25) is 0 Å². The lowest BCUT2D eigenvalue weighted by molar-refractivity contribution is -0.122. The van der Waals surface area contributed by atoms with Crippen LogP contribution >= 0.6 is 0 Å². The summed E-state index contributed by atoms with van der Waals surface area (Å²) in [5.41, 5.74) is 0.811. The quantitative estimate of drug-likeness (QED) is 0.736. The van der Waals surface area contributed by atoms with Gasteiger partial charge in [0.15, 0.2) is 0 Å². The molecule has 4 rings (SSSR count). The van der Waals surface area contributed by atoms with Crippen molar-refractivity contribution in [1.82, 2.24) is 19.7 Å². The Morgan fingerprint density at radius 1 is 1.14 bits per heavy atom. The molecule has 1 aliphatic heterocycles. The van der Waals surface area contributed by atoms with Crippen LogP contribution in [0, 0.1) is 0 Å². The lowest BCUT2D eigenvalue weighted by Gasteiger charge is -2.07. The molecule has 1 aliphatic rings. The minimum absolute atomic E-state index is 0.0520. The molecule has 1 aromatic heterocycles. The van der Waals surface area contributed by atoms with E-state index in [1.165, 1.54) is 4.68 Å². The maximum Gasteiger partial charge on any atom is 0.346 e. The largest absolute Gasteiger partial charge is 0.497 e. The Kier molecular flexibility index (Phi) is 5.14. The number of nitrogens with one attached hydrogen (secondary N) is 1. The third kappa shape index (κ3) is 3.78. The highest BCUT2D eigenvalue weighted by Crippen LogP contribution is 2.21. The van der Waals surface area contributed by atoms with Gasteiger partial charge in [0, 0.05) is 19.5 Å². The number of amides is 1. The van der Waals surface area contributed by atoms with Crippen molar-refractivity contribution in [2.24, 2.45) is 0 Å². The first-order valence-electron chi connectivity index (χ1n) is 9.64. The predicted octanol–water partition coefficient (Wildman–Crippen LogP) is 2.25. The van der Waals surface area contributed by atoms with Crippen LogP contribution in [0.3, 0.4) is 0 Å². The SMILES string of the molecule is COc1ccc2cc(CNC(=O)Cn3nc4n(c3=O)CCCCC4)ccc2c1. The zero-order valence-electron chi connectivity index (χ0n) is 16.0. The van der Waals surface area contributed by atoms with Crippen LogP contribution in [0.4, 0.5) is 0 Å². The Hall–Kier alpha value is -3.09. The van der Waals surface area contributed by atoms with Crippen LogP contribution in [0.5, 0.6) is 5.75 Å². The second-order valence-corrected chi connectivity index (χ2v) is 7.14. The van der Waals surface area contributed by atoms with Gasteiger partial charge in [0.1, 0.15) is 18.1 Å². The number of hydrogen-bond donors (Lipinski definition) is 1. The zero-order chi connectivity index (χ0) is 19.5. The topological polar surface area (TPSA) is 78.2 Å². The smallest absolute Gasteiger partial charge is 0.346 e. The Bertz CT molecular complexity index is 1070. The molecule has 0 radical (unpaired) electrons. The van der Waals surface area contributed by atoms with Gasteiger partial charge in [0.05, 0.1) is 7.11 Å². The predicted molar refractivity (Wildman–Crippen MR) is 106 cm³/mol. The maximum atomic E-state index is 12.4. The number of carbonyl (C=O) groups is 1. The molecule has 1 N–H and O–H groups in total. The number of hydrogen-bond acceptors (Lipinski definition) is 4. The molecule has 7 heteroatoms. The minimum Gasteiger partial charge on any atom is -0.497 e. The molecule has 0 atom stereocenters. The van der Waals surface area contributed by atoms with Gasteiger partial charge in [-0.15, -0.1) is 0 Å². The number of rotatable bonds is 5. The van der Waals surface area contributed by atoms with Crippen LogP contribution in [-0.4, -0.2) is 27.4 Å².